The normalized spacial score (nSPS) is 19.7. The number of carbonyl (C=O) groups excluding carboxylic acids is 1. The maximum absolute atomic E-state index is 12.2. The second-order valence-corrected chi connectivity index (χ2v) is 9.93. The number of nitrogens with one attached hydrogen (secondary N) is 2. The van der Waals surface area contributed by atoms with Crippen molar-refractivity contribution in [3.8, 4) is 0 Å². The molecule has 4 rings (SSSR count). The van der Waals surface area contributed by atoms with Crippen LogP contribution in [0.5, 0.6) is 0 Å². The molecule has 9 heteroatoms. The quantitative estimate of drug-likeness (QED) is 0.652. The molecule has 1 amide bonds. The molecule has 1 saturated heterocycles. The van der Waals surface area contributed by atoms with E-state index in [1.807, 2.05) is 20.8 Å². The average Bonchev–Trinajstić information content (AvgIpc) is 3.06. The van der Waals surface area contributed by atoms with E-state index in [1.165, 1.54) is 0 Å². The Hall–Kier alpha value is -2.13. The van der Waals surface area contributed by atoms with Crippen LogP contribution >= 0.6 is 15.9 Å². The van der Waals surface area contributed by atoms with Crippen molar-refractivity contribution in [2.75, 3.05) is 44.6 Å². The minimum atomic E-state index is -0.456. The summed E-state index contributed by atoms with van der Waals surface area (Å²) in [7, 11) is 0. The van der Waals surface area contributed by atoms with Gasteiger partial charge in [-0.3, -0.25) is 4.90 Å². The second kappa shape index (κ2) is 8.55. The summed E-state index contributed by atoms with van der Waals surface area (Å²) in [6.07, 6.45) is 6.76. The molecule has 1 aliphatic carbocycles. The van der Waals surface area contributed by atoms with Gasteiger partial charge in [-0.1, -0.05) is 28.1 Å². The molecule has 0 radical (unpaired) electrons. The van der Waals surface area contributed by atoms with Crippen LogP contribution in [0.2, 0.25) is 0 Å². The molecule has 1 unspecified atom stereocenters. The molecule has 1 fully saturated rings. The van der Waals surface area contributed by atoms with Gasteiger partial charge in [0.15, 0.2) is 0 Å². The maximum Gasteiger partial charge on any atom is 0.410 e. The van der Waals surface area contributed by atoms with Crippen LogP contribution in [-0.4, -0.2) is 80.5 Å². The minimum absolute atomic E-state index is 0.223. The van der Waals surface area contributed by atoms with E-state index in [9.17, 15) is 4.79 Å². The summed E-state index contributed by atoms with van der Waals surface area (Å²) < 4.78 is 5.47. The molecule has 2 aliphatic rings. The van der Waals surface area contributed by atoms with E-state index in [0.717, 1.165) is 60.0 Å². The number of nitrogens with zero attached hydrogens (tertiary/aromatic N) is 4. The van der Waals surface area contributed by atoms with Gasteiger partial charge in [-0.25, -0.2) is 14.8 Å². The number of ether oxygens (including phenoxy) is 1. The van der Waals surface area contributed by atoms with Crippen LogP contribution in [0, 0.1) is 0 Å². The first kappa shape index (κ1) is 21.1. The standard InChI is InChI=1S/C21H29BrN6O2/c1-21(2,3)30-20(29)28-10-8-27(9-11-28)7-6-23-18-17-15-12-14(22)4-5-16(15)26-19(17)25-13-24-18/h5,12-14H,4,6-11H2,1-3H3,(H2,23,24,25,26). The Morgan fingerprint density at radius 1 is 1.30 bits per heavy atom. The zero-order chi connectivity index (χ0) is 21.3. The highest BCUT2D eigenvalue weighted by Crippen LogP contribution is 2.16. The van der Waals surface area contributed by atoms with Crippen molar-refractivity contribution in [1.29, 1.82) is 0 Å². The largest absolute Gasteiger partial charge is 0.444 e. The summed E-state index contributed by atoms with van der Waals surface area (Å²) in [4.78, 5) is 29.0. The summed E-state index contributed by atoms with van der Waals surface area (Å²) in [6, 6.07) is 0. The van der Waals surface area contributed by atoms with Gasteiger partial charge in [0, 0.05) is 54.7 Å². The second-order valence-electron chi connectivity index (χ2n) is 8.76. The molecule has 0 bridgehead atoms. The summed E-state index contributed by atoms with van der Waals surface area (Å²) >= 11 is 3.68. The molecule has 1 atom stereocenters. The third kappa shape index (κ3) is 4.78. The van der Waals surface area contributed by atoms with Gasteiger partial charge in [0.1, 0.15) is 23.4 Å². The monoisotopic (exact) mass is 476 g/mol. The first-order valence-electron chi connectivity index (χ1n) is 10.4. The lowest BCUT2D eigenvalue weighted by atomic mass is 10.1. The van der Waals surface area contributed by atoms with E-state index in [-0.39, 0.29) is 6.09 Å². The number of hydrogen-bond donors (Lipinski definition) is 2. The predicted octanol–water partition coefficient (Wildman–Crippen LogP) is 1.65. The Balaban J connectivity index is 1.34. The van der Waals surface area contributed by atoms with Crippen LogP contribution < -0.4 is 15.9 Å². The van der Waals surface area contributed by atoms with Gasteiger partial charge < -0.3 is 19.9 Å². The Morgan fingerprint density at radius 2 is 2.07 bits per heavy atom. The summed E-state index contributed by atoms with van der Waals surface area (Å²) in [5, 5.41) is 6.80. The number of fused-ring (bicyclic) bond motifs is 3. The van der Waals surface area contributed by atoms with Crippen molar-refractivity contribution in [3.63, 3.8) is 0 Å². The molecule has 2 N–H and O–H groups in total. The van der Waals surface area contributed by atoms with Crippen molar-refractivity contribution in [2.45, 2.75) is 37.6 Å². The van der Waals surface area contributed by atoms with Crippen LogP contribution in [0.15, 0.2) is 6.33 Å². The van der Waals surface area contributed by atoms with Crippen LogP contribution in [0.1, 0.15) is 27.2 Å². The van der Waals surface area contributed by atoms with Gasteiger partial charge in [-0.05, 0) is 27.2 Å². The van der Waals surface area contributed by atoms with Gasteiger partial charge in [-0.2, -0.15) is 0 Å². The average molecular weight is 477 g/mol. The fourth-order valence-electron chi connectivity index (χ4n) is 3.83. The Labute approximate surface area is 184 Å². The Kier molecular flexibility index (Phi) is 6.02. The van der Waals surface area contributed by atoms with Gasteiger partial charge in [-0.15, -0.1) is 0 Å². The fraction of sp³-hybridized carbons (Fsp3) is 0.571. The van der Waals surface area contributed by atoms with E-state index >= 15 is 0 Å². The molecule has 1 aliphatic heterocycles. The lowest BCUT2D eigenvalue weighted by molar-refractivity contribution is 0.0148. The molecule has 2 aromatic heterocycles. The SMILES string of the molecule is CC(C)(C)OC(=O)N1CCN(CCNc2ncnc3[nH]c4c(c23)=CC(Br)CC=4)CC1. The highest BCUT2D eigenvalue weighted by molar-refractivity contribution is 9.09. The third-order valence-corrected chi connectivity index (χ3v) is 5.94. The molecule has 162 valence electrons. The third-order valence-electron chi connectivity index (χ3n) is 5.30. The van der Waals surface area contributed by atoms with Gasteiger partial charge in [0.25, 0.3) is 0 Å². The molecule has 0 spiro atoms. The van der Waals surface area contributed by atoms with E-state index in [0.29, 0.717) is 17.9 Å². The lowest BCUT2D eigenvalue weighted by Gasteiger charge is -2.35. The van der Waals surface area contributed by atoms with Crippen LogP contribution in [-0.2, 0) is 4.74 Å². The molecule has 2 aromatic rings. The summed E-state index contributed by atoms with van der Waals surface area (Å²) in [5.74, 6) is 0.858. The number of aromatic nitrogens is 3. The highest BCUT2D eigenvalue weighted by atomic mass is 79.9. The number of hydrogen-bond acceptors (Lipinski definition) is 6. The number of aromatic amines is 1. The predicted molar refractivity (Wildman–Crippen MR) is 122 cm³/mol. The Morgan fingerprint density at radius 3 is 2.80 bits per heavy atom. The molecular formula is C21H29BrN6O2. The van der Waals surface area contributed by atoms with E-state index in [1.54, 1.807) is 11.2 Å². The number of piperazine rings is 1. The van der Waals surface area contributed by atoms with Crippen molar-refractivity contribution >= 4 is 51.0 Å². The van der Waals surface area contributed by atoms with Crippen molar-refractivity contribution < 1.29 is 9.53 Å². The van der Waals surface area contributed by atoms with Crippen LogP contribution in [0.4, 0.5) is 10.6 Å². The smallest absolute Gasteiger partial charge is 0.410 e. The number of anilines is 1. The van der Waals surface area contributed by atoms with E-state index < -0.39 is 5.60 Å². The van der Waals surface area contributed by atoms with Crippen molar-refractivity contribution in [1.82, 2.24) is 24.8 Å². The van der Waals surface area contributed by atoms with Crippen molar-refractivity contribution in [2.24, 2.45) is 0 Å². The first-order chi connectivity index (χ1) is 14.3. The number of alkyl halides is 1. The number of carbonyl (C=O) groups is 1. The van der Waals surface area contributed by atoms with Crippen LogP contribution in [0.25, 0.3) is 23.2 Å². The number of rotatable bonds is 4. The van der Waals surface area contributed by atoms with Crippen molar-refractivity contribution in [3.05, 3.63) is 16.9 Å². The van der Waals surface area contributed by atoms with Gasteiger partial charge in [0.2, 0.25) is 0 Å². The summed E-state index contributed by atoms with van der Waals surface area (Å²) in [5.41, 5.74) is 0.403. The zero-order valence-electron chi connectivity index (χ0n) is 17.7. The van der Waals surface area contributed by atoms with E-state index in [2.05, 4.69) is 53.3 Å². The molecule has 0 saturated carbocycles. The first-order valence-corrected chi connectivity index (χ1v) is 11.3. The molecule has 30 heavy (non-hydrogen) atoms. The summed E-state index contributed by atoms with van der Waals surface area (Å²) in [6.45, 7) is 10.4. The van der Waals surface area contributed by atoms with Crippen LogP contribution in [0.3, 0.4) is 0 Å². The van der Waals surface area contributed by atoms with Gasteiger partial charge >= 0.3 is 6.09 Å². The fourth-order valence-corrected chi connectivity index (χ4v) is 4.28. The molecular weight excluding hydrogens is 448 g/mol. The molecule has 8 nitrogen and oxygen atoms in total. The lowest BCUT2D eigenvalue weighted by Crippen LogP contribution is -2.50. The number of H-pyrrole nitrogens is 1. The zero-order valence-corrected chi connectivity index (χ0v) is 19.3. The highest BCUT2D eigenvalue weighted by Gasteiger charge is 2.25. The molecule has 0 aromatic carbocycles. The Bertz CT molecular complexity index is 1040. The maximum atomic E-state index is 12.2. The van der Waals surface area contributed by atoms with Gasteiger partial charge in [0.05, 0.1) is 5.39 Å². The molecule has 3 heterocycles. The number of halogens is 1. The minimum Gasteiger partial charge on any atom is -0.444 e. The topological polar surface area (TPSA) is 86.4 Å². The van der Waals surface area contributed by atoms with E-state index in [4.69, 9.17) is 4.74 Å². The number of amides is 1.